The SMILES string of the molecule is COc1cc2c3c(c4c(c2cc1N1CCOCC1)-c1ccc(Cl)cc1C4(C)C)C=CC(c1ccccc1)(c1ccccc1)O3. The van der Waals surface area contributed by atoms with Crippen molar-refractivity contribution >= 4 is 34.1 Å². The summed E-state index contributed by atoms with van der Waals surface area (Å²) in [7, 11) is 1.75. The van der Waals surface area contributed by atoms with E-state index in [0.29, 0.717) is 13.2 Å². The van der Waals surface area contributed by atoms with Crippen LogP contribution in [0.15, 0.2) is 97.1 Å². The van der Waals surface area contributed by atoms with E-state index < -0.39 is 5.60 Å². The van der Waals surface area contributed by atoms with Crippen LogP contribution >= 0.6 is 11.6 Å². The average Bonchev–Trinajstić information content (AvgIpc) is 3.31. The average molecular weight is 600 g/mol. The minimum absolute atomic E-state index is 0.292. The van der Waals surface area contributed by atoms with Gasteiger partial charge in [-0.25, -0.2) is 0 Å². The molecule has 5 aromatic carbocycles. The maximum atomic E-state index is 7.43. The molecule has 1 saturated heterocycles. The molecule has 3 aliphatic rings. The number of benzene rings is 5. The first-order valence-corrected chi connectivity index (χ1v) is 15.6. The number of anilines is 1. The van der Waals surface area contributed by atoms with Crippen molar-refractivity contribution in [1.29, 1.82) is 0 Å². The minimum Gasteiger partial charge on any atom is -0.495 e. The van der Waals surface area contributed by atoms with Crippen LogP contribution in [-0.2, 0) is 15.8 Å². The van der Waals surface area contributed by atoms with Gasteiger partial charge >= 0.3 is 0 Å². The zero-order valence-corrected chi connectivity index (χ0v) is 25.9. The first kappa shape index (κ1) is 27.3. The molecule has 0 radical (unpaired) electrons. The zero-order chi connectivity index (χ0) is 30.1. The molecule has 0 N–H and O–H groups in total. The Balaban J connectivity index is 1.47. The number of fused-ring (bicyclic) bond motifs is 8. The Morgan fingerprint density at radius 1 is 0.818 bits per heavy atom. The van der Waals surface area contributed by atoms with Gasteiger partial charge in [0.15, 0.2) is 5.60 Å². The highest BCUT2D eigenvalue weighted by molar-refractivity contribution is 6.31. The predicted octanol–water partition coefficient (Wildman–Crippen LogP) is 8.99. The minimum atomic E-state index is -0.800. The van der Waals surface area contributed by atoms with Gasteiger partial charge < -0.3 is 19.1 Å². The molecule has 4 nitrogen and oxygen atoms in total. The summed E-state index contributed by atoms with van der Waals surface area (Å²) in [6, 6.07) is 31.8. The smallest absolute Gasteiger partial charge is 0.178 e. The van der Waals surface area contributed by atoms with E-state index in [4.69, 9.17) is 25.8 Å². The summed E-state index contributed by atoms with van der Waals surface area (Å²) in [6.07, 6.45) is 4.52. The molecule has 44 heavy (non-hydrogen) atoms. The molecule has 2 heterocycles. The van der Waals surface area contributed by atoms with Gasteiger partial charge in [-0.2, -0.15) is 0 Å². The summed E-state index contributed by atoms with van der Waals surface area (Å²) >= 11 is 6.62. The van der Waals surface area contributed by atoms with Crippen LogP contribution in [0.2, 0.25) is 5.02 Å². The van der Waals surface area contributed by atoms with E-state index in [1.54, 1.807) is 7.11 Å². The van der Waals surface area contributed by atoms with Gasteiger partial charge in [-0.15, -0.1) is 0 Å². The molecule has 0 bridgehead atoms. The molecule has 0 saturated carbocycles. The lowest BCUT2D eigenvalue weighted by atomic mass is 9.76. The highest BCUT2D eigenvalue weighted by Crippen LogP contribution is 2.59. The van der Waals surface area contributed by atoms with Crippen molar-refractivity contribution in [2.24, 2.45) is 0 Å². The van der Waals surface area contributed by atoms with Gasteiger partial charge in [-0.05, 0) is 58.0 Å². The van der Waals surface area contributed by atoms with Crippen LogP contribution in [0.5, 0.6) is 11.5 Å². The van der Waals surface area contributed by atoms with E-state index in [0.717, 1.165) is 62.8 Å². The van der Waals surface area contributed by atoms with Gasteiger partial charge in [-0.1, -0.05) is 98.3 Å². The molecule has 1 fully saturated rings. The molecular formula is C39H34ClNO3. The highest BCUT2D eigenvalue weighted by atomic mass is 35.5. The first-order chi connectivity index (χ1) is 21.4. The molecule has 1 aliphatic carbocycles. The van der Waals surface area contributed by atoms with E-state index in [-0.39, 0.29) is 5.41 Å². The summed E-state index contributed by atoms with van der Waals surface area (Å²) in [5, 5.41) is 2.93. The third kappa shape index (κ3) is 3.94. The van der Waals surface area contributed by atoms with Gasteiger partial charge in [0.05, 0.1) is 26.0 Å². The Labute approximate surface area is 263 Å². The molecule has 0 spiro atoms. The number of morpholine rings is 1. The van der Waals surface area contributed by atoms with Crippen molar-refractivity contribution in [1.82, 2.24) is 0 Å². The maximum absolute atomic E-state index is 7.43. The van der Waals surface area contributed by atoms with E-state index in [9.17, 15) is 0 Å². The normalized spacial score (nSPS) is 17.5. The summed E-state index contributed by atoms with van der Waals surface area (Å²) in [5.74, 6) is 1.70. The number of halogens is 1. The van der Waals surface area contributed by atoms with Crippen molar-refractivity contribution in [3.8, 4) is 22.6 Å². The van der Waals surface area contributed by atoms with Crippen LogP contribution in [-0.4, -0.2) is 33.4 Å². The Bertz CT molecular complexity index is 1900. The van der Waals surface area contributed by atoms with Crippen LogP contribution in [0.1, 0.15) is 41.7 Å². The number of methoxy groups -OCH3 is 1. The molecule has 0 amide bonds. The number of rotatable bonds is 4. The van der Waals surface area contributed by atoms with E-state index in [2.05, 4.69) is 104 Å². The summed E-state index contributed by atoms with van der Waals surface area (Å²) in [4.78, 5) is 2.37. The maximum Gasteiger partial charge on any atom is 0.178 e. The second-order valence-corrected chi connectivity index (χ2v) is 12.8. The lowest BCUT2D eigenvalue weighted by molar-refractivity contribution is 0.122. The fourth-order valence-electron chi connectivity index (χ4n) is 7.53. The van der Waals surface area contributed by atoms with Crippen molar-refractivity contribution in [3.63, 3.8) is 0 Å². The Kier molecular flexibility index (Phi) is 6.30. The Morgan fingerprint density at radius 2 is 1.50 bits per heavy atom. The second kappa shape index (κ2) is 10.2. The molecule has 0 unspecified atom stereocenters. The fraction of sp³-hybridized carbons (Fsp3) is 0.231. The van der Waals surface area contributed by atoms with Crippen molar-refractivity contribution in [2.45, 2.75) is 24.9 Å². The summed E-state index contributed by atoms with van der Waals surface area (Å²) in [5.41, 5.74) is 8.20. The largest absolute Gasteiger partial charge is 0.495 e. The Morgan fingerprint density at radius 3 is 2.16 bits per heavy atom. The lowest BCUT2D eigenvalue weighted by Crippen LogP contribution is -2.36. The third-order valence-corrected chi connectivity index (χ3v) is 9.89. The third-order valence-electron chi connectivity index (χ3n) is 9.65. The predicted molar refractivity (Wildman–Crippen MR) is 179 cm³/mol. The molecule has 220 valence electrons. The highest BCUT2D eigenvalue weighted by Gasteiger charge is 2.44. The topological polar surface area (TPSA) is 30.9 Å². The first-order valence-electron chi connectivity index (χ1n) is 15.3. The van der Waals surface area contributed by atoms with Crippen molar-refractivity contribution in [2.75, 3.05) is 38.3 Å². The van der Waals surface area contributed by atoms with Crippen LogP contribution in [0.4, 0.5) is 5.69 Å². The number of hydrogen-bond acceptors (Lipinski definition) is 4. The number of ether oxygens (including phenoxy) is 3. The summed E-state index contributed by atoms with van der Waals surface area (Å²) in [6.45, 7) is 7.63. The number of hydrogen-bond donors (Lipinski definition) is 0. The fourth-order valence-corrected chi connectivity index (χ4v) is 7.71. The zero-order valence-electron chi connectivity index (χ0n) is 25.2. The van der Waals surface area contributed by atoms with Crippen LogP contribution in [0.25, 0.3) is 28.0 Å². The number of nitrogens with zero attached hydrogens (tertiary/aromatic N) is 1. The van der Waals surface area contributed by atoms with Crippen LogP contribution in [0, 0.1) is 0 Å². The van der Waals surface area contributed by atoms with Gasteiger partial charge in [0, 0.05) is 45.6 Å². The standard InChI is InChI=1S/C39H34ClNO3/c1-38(2)32-22-27(40)14-15-28(32)35-30-23-33(41-18-20-43-21-19-41)34(42-3)24-31(30)37-29(36(35)38)16-17-39(44-37,25-10-6-4-7-11-25)26-12-8-5-9-13-26/h4-17,22-24H,18-21H2,1-3H3. The van der Waals surface area contributed by atoms with Gasteiger partial charge in [0.25, 0.3) is 0 Å². The van der Waals surface area contributed by atoms with Gasteiger partial charge in [0.1, 0.15) is 11.5 Å². The van der Waals surface area contributed by atoms with Crippen LogP contribution in [0.3, 0.4) is 0 Å². The van der Waals surface area contributed by atoms with Gasteiger partial charge in [-0.3, -0.25) is 0 Å². The monoisotopic (exact) mass is 599 g/mol. The second-order valence-electron chi connectivity index (χ2n) is 12.4. The quantitative estimate of drug-likeness (QED) is 0.206. The van der Waals surface area contributed by atoms with E-state index >= 15 is 0 Å². The molecule has 0 aromatic heterocycles. The van der Waals surface area contributed by atoms with Gasteiger partial charge in [0.2, 0.25) is 0 Å². The molecule has 5 aromatic rings. The Hall–Kier alpha value is -4.25. The van der Waals surface area contributed by atoms with E-state index in [1.165, 1.54) is 22.3 Å². The molecule has 0 atom stereocenters. The molecule has 2 aliphatic heterocycles. The molecular weight excluding hydrogens is 566 g/mol. The lowest BCUT2D eigenvalue weighted by Gasteiger charge is -2.38. The summed E-state index contributed by atoms with van der Waals surface area (Å²) < 4.78 is 19.2. The van der Waals surface area contributed by atoms with Crippen molar-refractivity contribution in [3.05, 3.63) is 130 Å². The molecule has 8 rings (SSSR count). The van der Waals surface area contributed by atoms with E-state index in [1.807, 2.05) is 18.2 Å². The van der Waals surface area contributed by atoms with Crippen LogP contribution < -0.4 is 14.4 Å². The molecule has 5 heteroatoms. The van der Waals surface area contributed by atoms with Crippen molar-refractivity contribution < 1.29 is 14.2 Å².